The summed E-state index contributed by atoms with van der Waals surface area (Å²) < 4.78 is 4.87. The molecule has 0 amide bonds. The van der Waals surface area contributed by atoms with Crippen LogP contribution in [0.1, 0.15) is 52.9 Å². The summed E-state index contributed by atoms with van der Waals surface area (Å²) >= 11 is -1.14. The molecule has 0 heterocycles. The van der Waals surface area contributed by atoms with Gasteiger partial charge >= 0.3 is 105 Å². The molecule has 0 saturated carbocycles. The van der Waals surface area contributed by atoms with Gasteiger partial charge in [0.25, 0.3) is 0 Å². The van der Waals surface area contributed by atoms with Crippen LogP contribution in [-0.4, -0.2) is 19.8 Å². The molecule has 0 fully saturated rings. The second-order valence-electron chi connectivity index (χ2n) is 4.79. The molecule has 1 heteroatoms. The molecule has 1 atom stereocenters. The zero-order valence-electron chi connectivity index (χ0n) is 11.1. The summed E-state index contributed by atoms with van der Waals surface area (Å²) in [6, 6.07) is 0. The molecule has 90 valence electrons. The monoisotopic (exact) mass is 318 g/mol. The van der Waals surface area contributed by atoms with E-state index in [1.165, 1.54) is 32.1 Å². The van der Waals surface area contributed by atoms with Gasteiger partial charge in [0.1, 0.15) is 0 Å². The molecule has 0 radical (unpaired) electrons. The molecule has 0 saturated heterocycles. The van der Waals surface area contributed by atoms with E-state index in [0.717, 1.165) is 5.92 Å². The number of hydrogen-bond acceptors (Lipinski definition) is 0. The van der Waals surface area contributed by atoms with E-state index in [1.807, 2.05) is 0 Å². The van der Waals surface area contributed by atoms with Gasteiger partial charge in [-0.1, -0.05) is 0 Å². The molecule has 0 spiro atoms. The minimum atomic E-state index is -1.14. The molecule has 0 N–H and O–H groups in total. The van der Waals surface area contributed by atoms with Crippen molar-refractivity contribution in [3.8, 4) is 0 Å². The summed E-state index contributed by atoms with van der Waals surface area (Å²) in [5.74, 6) is 0.847. The molecular weight excluding hydrogens is 287 g/mol. The minimum absolute atomic E-state index is 0.847. The Bertz CT molecular complexity index is 134. The Morgan fingerprint density at radius 3 is 1.93 bits per heavy atom. The van der Waals surface area contributed by atoms with Crippen LogP contribution in [0.2, 0.25) is 13.3 Å². The van der Waals surface area contributed by atoms with Crippen LogP contribution < -0.4 is 0 Å². The van der Waals surface area contributed by atoms with Gasteiger partial charge in [-0.15, -0.1) is 0 Å². The molecule has 0 aliphatic rings. The van der Waals surface area contributed by atoms with Gasteiger partial charge in [0.05, 0.1) is 0 Å². The van der Waals surface area contributed by atoms with E-state index in [4.69, 9.17) is 0 Å². The van der Waals surface area contributed by atoms with Crippen molar-refractivity contribution in [3.63, 3.8) is 0 Å². The van der Waals surface area contributed by atoms with Crippen LogP contribution in [0, 0.1) is 5.92 Å². The molecule has 0 aliphatic carbocycles. The Hall–Kier alpha value is 0.539. The topological polar surface area (TPSA) is 0 Å². The van der Waals surface area contributed by atoms with Gasteiger partial charge in [0.2, 0.25) is 0 Å². The van der Waals surface area contributed by atoms with E-state index in [9.17, 15) is 0 Å². The Morgan fingerprint density at radius 1 is 1.07 bits per heavy atom. The van der Waals surface area contributed by atoms with Gasteiger partial charge in [-0.3, -0.25) is 0 Å². The van der Waals surface area contributed by atoms with Gasteiger partial charge in [-0.2, -0.15) is 0 Å². The number of rotatable bonds is 10. The Balaban J connectivity index is 3.91. The van der Waals surface area contributed by atoms with Crippen LogP contribution in [0.4, 0.5) is 0 Å². The van der Waals surface area contributed by atoms with Crippen LogP contribution in [0.5, 0.6) is 0 Å². The maximum absolute atomic E-state index is 3.98. The third-order valence-corrected chi connectivity index (χ3v) is 14.0. The van der Waals surface area contributed by atoms with Gasteiger partial charge in [-0.05, 0) is 0 Å². The normalized spacial score (nSPS) is 13.1. The zero-order valence-corrected chi connectivity index (χ0v) is 14.4. The quantitative estimate of drug-likeness (QED) is 0.392. The van der Waals surface area contributed by atoms with E-state index in [2.05, 4.69) is 33.4 Å². The van der Waals surface area contributed by atoms with E-state index < -0.39 is 19.8 Å². The number of unbranched alkanes of at least 4 members (excludes halogenated alkanes) is 2. The average molecular weight is 317 g/mol. The fourth-order valence-corrected chi connectivity index (χ4v) is 14.0. The molecule has 0 aromatic heterocycles. The van der Waals surface area contributed by atoms with Crippen molar-refractivity contribution in [2.24, 2.45) is 5.92 Å². The van der Waals surface area contributed by atoms with Gasteiger partial charge in [0.15, 0.2) is 0 Å². The first kappa shape index (κ1) is 15.5. The van der Waals surface area contributed by atoms with Crippen LogP contribution in [0.25, 0.3) is 0 Å². The van der Waals surface area contributed by atoms with Crippen molar-refractivity contribution in [1.29, 1.82) is 0 Å². The summed E-state index contributed by atoms with van der Waals surface area (Å²) in [7, 11) is 0. The third kappa shape index (κ3) is 8.36. The van der Waals surface area contributed by atoms with E-state index in [1.54, 1.807) is 13.3 Å². The Kier molecular flexibility index (Phi) is 11.4. The Labute approximate surface area is 104 Å². The van der Waals surface area contributed by atoms with Crippen molar-refractivity contribution in [1.82, 2.24) is 0 Å². The molecule has 0 nitrogen and oxygen atoms in total. The van der Waals surface area contributed by atoms with Crippen molar-refractivity contribution >= 4 is 19.8 Å². The molecule has 0 bridgehead atoms. The van der Waals surface area contributed by atoms with E-state index in [0.29, 0.717) is 0 Å². The second kappa shape index (κ2) is 11.0. The van der Waals surface area contributed by atoms with Gasteiger partial charge in [0, 0.05) is 0 Å². The van der Waals surface area contributed by atoms with Crippen molar-refractivity contribution < 1.29 is 0 Å². The predicted molar refractivity (Wildman–Crippen MR) is 75.4 cm³/mol. The van der Waals surface area contributed by atoms with Crippen LogP contribution in [0.3, 0.4) is 0 Å². The van der Waals surface area contributed by atoms with Gasteiger partial charge < -0.3 is 0 Å². The van der Waals surface area contributed by atoms with Crippen LogP contribution in [-0.2, 0) is 0 Å². The van der Waals surface area contributed by atoms with E-state index in [-0.39, 0.29) is 0 Å². The molecular formula is C14H30Sn. The predicted octanol–water partition coefficient (Wildman–Crippen LogP) is 5.03. The number of allylic oxidation sites excluding steroid dienone is 1. The standard InChI is InChI=1S/C6H11.2C4H9.Sn.H/c1-4-6(3)5-2;2*1-3-4-2;;/h4,6H,1,3,5H2,2H3;2*1,3-4H2,2H3;;. The van der Waals surface area contributed by atoms with Crippen LogP contribution in [0.15, 0.2) is 12.7 Å². The maximum atomic E-state index is 3.98. The summed E-state index contributed by atoms with van der Waals surface area (Å²) in [5, 5.41) is 0. The first-order valence-electron chi connectivity index (χ1n) is 6.90. The van der Waals surface area contributed by atoms with E-state index >= 15 is 0 Å². The van der Waals surface area contributed by atoms with Crippen molar-refractivity contribution in [2.45, 2.75) is 66.2 Å². The zero-order chi connectivity index (χ0) is 11.5. The molecule has 1 unspecified atom stereocenters. The fourth-order valence-electron chi connectivity index (χ4n) is 2.22. The number of hydrogen-bond donors (Lipinski definition) is 0. The molecule has 0 rings (SSSR count). The first-order valence-corrected chi connectivity index (χ1v) is 13.9. The van der Waals surface area contributed by atoms with Crippen molar-refractivity contribution in [3.05, 3.63) is 12.7 Å². The summed E-state index contributed by atoms with van der Waals surface area (Å²) in [6.45, 7) is 10.9. The molecule has 0 aliphatic heterocycles. The first-order chi connectivity index (χ1) is 7.28. The Morgan fingerprint density at radius 2 is 1.60 bits per heavy atom. The molecule has 15 heavy (non-hydrogen) atoms. The molecule has 0 aromatic carbocycles. The average Bonchev–Trinajstić information content (AvgIpc) is 2.28. The SMILES string of the molecule is C=CC(CC)[CH2][SnH]([CH2]CCC)[CH2]CCC. The third-order valence-electron chi connectivity index (χ3n) is 3.43. The molecule has 0 aromatic rings. The second-order valence-corrected chi connectivity index (χ2v) is 14.4. The summed E-state index contributed by atoms with van der Waals surface area (Å²) in [4.78, 5) is 0. The summed E-state index contributed by atoms with van der Waals surface area (Å²) in [6.07, 6.45) is 9.31. The summed E-state index contributed by atoms with van der Waals surface area (Å²) in [5.41, 5.74) is 0. The fraction of sp³-hybridized carbons (Fsp3) is 0.857. The van der Waals surface area contributed by atoms with Crippen LogP contribution >= 0.6 is 0 Å². The van der Waals surface area contributed by atoms with Gasteiger partial charge in [-0.25, -0.2) is 0 Å². The van der Waals surface area contributed by atoms with Crippen molar-refractivity contribution in [2.75, 3.05) is 0 Å².